The van der Waals surface area contributed by atoms with Gasteiger partial charge in [-0.15, -0.1) is 11.8 Å². The Balaban J connectivity index is 2.36. The maximum absolute atomic E-state index is 3.62. The standard InChI is InChI=1S/C11H23NS/c1-9-8-12-11(5,13-9)7-6-10(2,3)4/h9,12H,6-8H2,1-5H3. The van der Waals surface area contributed by atoms with Gasteiger partial charge in [-0.1, -0.05) is 27.7 Å². The van der Waals surface area contributed by atoms with Crippen LogP contribution in [0.5, 0.6) is 0 Å². The maximum Gasteiger partial charge on any atom is 0.0620 e. The quantitative estimate of drug-likeness (QED) is 0.736. The number of nitrogens with one attached hydrogen (secondary N) is 1. The molecule has 2 unspecified atom stereocenters. The first-order valence-corrected chi connectivity index (χ1v) is 6.12. The van der Waals surface area contributed by atoms with E-state index in [9.17, 15) is 0 Å². The number of hydrogen-bond acceptors (Lipinski definition) is 2. The fourth-order valence-electron chi connectivity index (χ4n) is 1.65. The Morgan fingerprint density at radius 2 is 2.08 bits per heavy atom. The van der Waals surface area contributed by atoms with Crippen LogP contribution in [0.1, 0.15) is 47.5 Å². The van der Waals surface area contributed by atoms with Crippen molar-refractivity contribution in [3.8, 4) is 0 Å². The molecule has 0 amide bonds. The molecule has 78 valence electrons. The van der Waals surface area contributed by atoms with Crippen molar-refractivity contribution in [3.05, 3.63) is 0 Å². The third-order valence-electron chi connectivity index (χ3n) is 2.58. The van der Waals surface area contributed by atoms with Crippen LogP contribution < -0.4 is 5.32 Å². The Morgan fingerprint density at radius 3 is 2.46 bits per heavy atom. The van der Waals surface area contributed by atoms with E-state index >= 15 is 0 Å². The van der Waals surface area contributed by atoms with Gasteiger partial charge in [0.1, 0.15) is 0 Å². The summed E-state index contributed by atoms with van der Waals surface area (Å²) < 4.78 is 0. The van der Waals surface area contributed by atoms with Crippen molar-refractivity contribution in [2.24, 2.45) is 5.41 Å². The molecule has 0 saturated carbocycles. The van der Waals surface area contributed by atoms with Gasteiger partial charge in [0, 0.05) is 11.8 Å². The molecule has 2 atom stereocenters. The van der Waals surface area contributed by atoms with Gasteiger partial charge in [-0.3, -0.25) is 0 Å². The molecule has 0 bridgehead atoms. The highest BCUT2D eigenvalue weighted by Gasteiger charge is 2.33. The highest BCUT2D eigenvalue weighted by Crippen LogP contribution is 2.38. The summed E-state index contributed by atoms with van der Waals surface area (Å²) in [7, 11) is 0. The second-order valence-electron chi connectivity index (χ2n) is 5.60. The molecule has 0 aliphatic carbocycles. The highest BCUT2D eigenvalue weighted by atomic mass is 32.2. The maximum atomic E-state index is 3.62. The van der Waals surface area contributed by atoms with Crippen molar-refractivity contribution in [2.45, 2.75) is 57.6 Å². The smallest absolute Gasteiger partial charge is 0.0620 e. The molecule has 1 aliphatic heterocycles. The van der Waals surface area contributed by atoms with Crippen LogP contribution in [0.2, 0.25) is 0 Å². The topological polar surface area (TPSA) is 12.0 Å². The Bertz CT molecular complexity index is 173. The first kappa shape index (κ1) is 11.4. The lowest BCUT2D eigenvalue weighted by atomic mass is 9.89. The number of rotatable bonds is 2. The van der Waals surface area contributed by atoms with Gasteiger partial charge >= 0.3 is 0 Å². The second-order valence-corrected chi connectivity index (χ2v) is 7.54. The highest BCUT2D eigenvalue weighted by molar-refractivity contribution is 8.01. The average Bonchev–Trinajstić information content (AvgIpc) is 2.27. The van der Waals surface area contributed by atoms with Crippen LogP contribution in [0.4, 0.5) is 0 Å². The van der Waals surface area contributed by atoms with Gasteiger partial charge in [0.2, 0.25) is 0 Å². The lowest BCUT2D eigenvalue weighted by Gasteiger charge is -2.28. The summed E-state index contributed by atoms with van der Waals surface area (Å²) in [5, 5.41) is 4.40. The van der Waals surface area contributed by atoms with Crippen molar-refractivity contribution in [2.75, 3.05) is 6.54 Å². The molecule has 1 nitrogen and oxygen atoms in total. The van der Waals surface area contributed by atoms with Crippen LogP contribution in [-0.2, 0) is 0 Å². The van der Waals surface area contributed by atoms with Gasteiger partial charge in [0.15, 0.2) is 0 Å². The molecule has 0 spiro atoms. The summed E-state index contributed by atoms with van der Waals surface area (Å²) in [6.45, 7) is 12.8. The van der Waals surface area contributed by atoms with Gasteiger partial charge in [-0.2, -0.15) is 0 Å². The Hall–Kier alpha value is 0.310. The van der Waals surface area contributed by atoms with Crippen LogP contribution >= 0.6 is 11.8 Å². The van der Waals surface area contributed by atoms with Gasteiger partial charge in [-0.05, 0) is 25.2 Å². The first-order chi connectivity index (χ1) is 5.81. The molecule has 0 aromatic carbocycles. The van der Waals surface area contributed by atoms with E-state index in [0.29, 0.717) is 10.3 Å². The summed E-state index contributed by atoms with van der Waals surface area (Å²) in [6.07, 6.45) is 2.59. The van der Waals surface area contributed by atoms with Crippen LogP contribution in [0.25, 0.3) is 0 Å². The molecule has 1 heterocycles. The molecule has 1 N–H and O–H groups in total. The zero-order valence-corrected chi connectivity index (χ0v) is 10.4. The zero-order chi connectivity index (χ0) is 10.1. The molecule has 0 aromatic heterocycles. The van der Waals surface area contributed by atoms with Gasteiger partial charge in [-0.25, -0.2) is 0 Å². The summed E-state index contributed by atoms with van der Waals surface area (Å²) >= 11 is 2.10. The van der Waals surface area contributed by atoms with E-state index < -0.39 is 0 Å². The molecule has 1 rings (SSSR count). The van der Waals surface area contributed by atoms with Crippen LogP contribution in [-0.4, -0.2) is 16.7 Å². The molecule has 0 aromatic rings. The number of thioether (sulfide) groups is 1. The van der Waals surface area contributed by atoms with E-state index in [4.69, 9.17) is 0 Å². The summed E-state index contributed by atoms with van der Waals surface area (Å²) in [5.74, 6) is 0. The Morgan fingerprint density at radius 1 is 1.46 bits per heavy atom. The number of hydrogen-bond donors (Lipinski definition) is 1. The van der Waals surface area contributed by atoms with Crippen molar-refractivity contribution < 1.29 is 0 Å². The fourth-order valence-corrected chi connectivity index (χ4v) is 3.09. The second kappa shape index (κ2) is 3.82. The third kappa shape index (κ3) is 3.90. The van der Waals surface area contributed by atoms with Crippen LogP contribution in [0.3, 0.4) is 0 Å². The normalized spacial score (nSPS) is 35.3. The van der Waals surface area contributed by atoms with Crippen molar-refractivity contribution >= 4 is 11.8 Å². The predicted octanol–water partition coefficient (Wildman–Crippen LogP) is 3.25. The molecular weight excluding hydrogens is 178 g/mol. The third-order valence-corrected chi connectivity index (χ3v) is 4.01. The van der Waals surface area contributed by atoms with E-state index in [-0.39, 0.29) is 0 Å². The molecule has 0 radical (unpaired) electrons. The zero-order valence-electron chi connectivity index (χ0n) is 9.61. The predicted molar refractivity (Wildman–Crippen MR) is 62.1 cm³/mol. The minimum absolute atomic E-state index is 0.340. The van der Waals surface area contributed by atoms with Crippen molar-refractivity contribution in [1.29, 1.82) is 0 Å². The summed E-state index contributed by atoms with van der Waals surface area (Å²) in [5.41, 5.74) is 0.469. The summed E-state index contributed by atoms with van der Waals surface area (Å²) in [4.78, 5) is 0.340. The van der Waals surface area contributed by atoms with E-state index in [1.54, 1.807) is 0 Å². The minimum Gasteiger partial charge on any atom is -0.302 e. The SMILES string of the molecule is CC1CNC(C)(CCC(C)(C)C)S1. The molecule has 1 aliphatic rings. The monoisotopic (exact) mass is 201 g/mol. The Kier molecular flexibility index (Phi) is 3.34. The van der Waals surface area contributed by atoms with Crippen molar-refractivity contribution in [1.82, 2.24) is 5.32 Å². The molecule has 1 fully saturated rings. The lowest BCUT2D eigenvalue weighted by molar-refractivity contribution is 0.330. The largest absolute Gasteiger partial charge is 0.302 e. The van der Waals surface area contributed by atoms with E-state index in [0.717, 1.165) is 5.25 Å². The van der Waals surface area contributed by atoms with E-state index in [2.05, 4.69) is 51.7 Å². The summed E-state index contributed by atoms with van der Waals surface area (Å²) in [6, 6.07) is 0. The minimum atomic E-state index is 0.340. The molecular formula is C11H23NS. The van der Waals surface area contributed by atoms with Crippen LogP contribution in [0.15, 0.2) is 0 Å². The van der Waals surface area contributed by atoms with Gasteiger partial charge < -0.3 is 5.32 Å². The first-order valence-electron chi connectivity index (χ1n) is 5.24. The van der Waals surface area contributed by atoms with E-state index in [1.807, 2.05) is 0 Å². The van der Waals surface area contributed by atoms with E-state index in [1.165, 1.54) is 19.4 Å². The lowest BCUT2D eigenvalue weighted by Crippen LogP contribution is -2.34. The fraction of sp³-hybridized carbons (Fsp3) is 1.00. The molecule has 13 heavy (non-hydrogen) atoms. The van der Waals surface area contributed by atoms with Gasteiger partial charge in [0.25, 0.3) is 0 Å². The van der Waals surface area contributed by atoms with Crippen LogP contribution in [0, 0.1) is 5.41 Å². The molecule has 1 saturated heterocycles. The average molecular weight is 201 g/mol. The Labute approximate surface area is 87.1 Å². The van der Waals surface area contributed by atoms with Gasteiger partial charge in [0.05, 0.1) is 4.87 Å². The molecule has 2 heteroatoms. The van der Waals surface area contributed by atoms with Crippen molar-refractivity contribution in [3.63, 3.8) is 0 Å².